The fourth-order valence-electron chi connectivity index (χ4n) is 3.73. The van der Waals surface area contributed by atoms with Crippen LogP contribution in [0.1, 0.15) is 22.3 Å². The van der Waals surface area contributed by atoms with E-state index < -0.39 is 29.9 Å². The predicted octanol–water partition coefficient (Wildman–Crippen LogP) is 5.92. The van der Waals surface area contributed by atoms with Crippen LogP contribution in [-0.2, 0) is 30.5 Å². The molecule has 0 amide bonds. The zero-order chi connectivity index (χ0) is 24.5. The third-order valence-corrected chi connectivity index (χ3v) is 5.27. The molecule has 34 heavy (non-hydrogen) atoms. The van der Waals surface area contributed by atoms with Crippen molar-refractivity contribution in [3.63, 3.8) is 0 Å². The van der Waals surface area contributed by atoms with Crippen molar-refractivity contribution in [1.29, 1.82) is 0 Å². The number of carboxylic acids is 1. The van der Waals surface area contributed by atoms with Crippen LogP contribution in [0.5, 0.6) is 5.75 Å². The summed E-state index contributed by atoms with van der Waals surface area (Å²) >= 11 is 0. The molecule has 0 unspecified atom stereocenters. The van der Waals surface area contributed by atoms with E-state index in [0.717, 1.165) is 17.7 Å². The van der Waals surface area contributed by atoms with Crippen LogP contribution in [0.3, 0.4) is 0 Å². The summed E-state index contributed by atoms with van der Waals surface area (Å²) in [6.45, 7) is 0.0723. The van der Waals surface area contributed by atoms with Crippen molar-refractivity contribution in [2.24, 2.45) is 5.73 Å². The average molecular weight is 473 g/mol. The van der Waals surface area contributed by atoms with Crippen LogP contribution in [0, 0.1) is 5.82 Å². The van der Waals surface area contributed by atoms with Crippen molar-refractivity contribution < 1.29 is 36.6 Å². The van der Waals surface area contributed by atoms with Crippen molar-refractivity contribution in [1.82, 2.24) is 0 Å². The van der Waals surface area contributed by atoms with Crippen LogP contribution < -0.4 is 10.5 Å². The van der Waals surface area contributed by atoms with E-state index >= 15 is 0 Å². The van der Waals surface area contributed by atoms with Crippen LogP contribution in [-0.4, -0.2) is 11.1 Å². The van der Waals surface area contributed by atoms with Crippen LogP contribution in [0.4, 0.5) is 17.6 Å². The lowest BCUT2D eigenvalue weighted by Crippen LogP contribution is -2.06. The summed E-state index contributed by atoms with van der Waals surface area (Å²) in [6, 6.07) is 13.5. The first-order valence-corrected chi connectivity index (χ1v) is 10.2. The van der Waals surface area contributed by atoms with E-state index in [1.54, 1.807) is 30.3 Å². The first-order valence-electron chi connectivity index (χ1n) is 10.2. The Bertz CT molecular complexity index is 1360. The molecule has 3 N–H and O–H groups in total. The number of hydrogen-bond acceptors (Lipinski definition) is 4. The van der Waals surface area contributed by atoms with Crippen molar-refractivity contribution in [3.8, 4) is 16.9 Å². The number of alkyl halides is 3. The Kier molecular flexibility index (Phi) is 6.30. The van der Waals surface area contributed by atoms with Gasteiger partial charge in [-0.25, -0.2) is 4.39 Å². The van der Waals surface area contributed by atoms with Crippen molar-refractivity contribution in [2.75, 3.05) is 0 Å². The molecule has 1 aromatic heterocycles. The molecule has 5 nitrogen and oxygen atoms in total. The van der Waals surface area contributed by atoms with Crippen molar-refractivity contribution >= 4 is 16.9 Å². The van der Waals surface area contributed by atoms with Crippen molar-refractivity contribution in [3.05, 3.63) is 88.9 Å². The molecule has 176 valence electrons. The van der Waals surface area contributed by atoms with Gasteiger partial charge in [0, 0.05) is 23.1 Å². The molecular weight excluding hydrogens is 454 g/mol. The topological polar surface area (TPSA) is 85.7 Å². The van der Waals surface area contributed by atoms with Gasteiger partial charge in [-0.05, 0) is 53.1 Å². The molecule has 0 bridgehead atoms. The van der Waals surface area contributed by atoms with Gasteiger partial charge in [0.05, 0.1) is 6.42 Å². The number of nitrogens with two attached hydrogens (primary N) is 1. The summed E-state index contributed by atoms with van der Waals surface area (Å²) in [5, 5.41) is 8.94. The molecule has 1 heterocycles. The van der Waals surface area contributed by atoms with Crippen LogP contribution in [0.25, 0.3) is 22.1 Å². The zero-order valence-electron chi connectivity index (χ0n) is 17.7. The minimum Gasteiger partial charge on any atom is -0.489 e. The minimum atomic E-state index is -4.63. The van der Waals surface area contributed by atoms with Gasteiger partial charge in [0.2, 0.25) is 0 Å². The summed E-state index contributed by atoms with van der Waals surface area (Å²) in [6.07, 6.45) is -4.42. The Morgan fingerprint density at radius 3 is 2.56 bits per heavy atom. The maximum Gasteiger partial charge on any atom is 0.420 e. The smallest absolute Gasteiger partial charge is 0.420 e. The Balaban J connectivity index is 1.78. The van der Waals surface area contributed by atoms with Gasteiger partial charge in [-0.15, -0.1) is 0 Å². The lowest BCUT2D eigenvalue weighted by atomic mass is 9.97. The molecule has 9 heteroatoms. The van der Waals surface area contributed by atoms with E-state index in [9.17, 15) is 22.4 Å². The zero-order valence-corrected chi connectivity index (χ0v) is 17.7. The van der Waals surface area contributed by atoms with Gasteiger partial charge < -0.3 is 20.0 Å². The molecule has 0 aliphatic carbocycles. The second kappa shape index (κ2) is 9.18. The highest BCUT2D eigenvalue weighted by molar-refractivity contribution is 5.95. The normalized spacial score (nSPS) is 11.7. The van der Waals surface area contributed by atoms with Gasteiger partial charge in [-0.3, -0.25) is 4.79 Å². The van der Waals surface area contributed by atoms with Gasteiger partial charge in [0.1, 0.15) is 35.6 Å². The number of fused-ring (bicyclic) bond motifs is 1. The molecule has 0 atom stereocenters. The number of hydrogen-bond donors (Lipinski definition) is 2. The number of furan rings is 1. The summed E-state index contributed by atoms with van der Waals surface area (Å²) < 4.78 is 65.4. The van der Waals surface area contributed by atoms with E-state index in [1.165, 1.54) is 12.1 Å². The molecule has 4 rings (SSSR count). The number of halogens is 4. The number of ether oxygens (including phenoxy) is 1. The summed E-state index contributed by atoms with van der Waals surface area (Å²) in [4.78, 5) is 11.1. The van der Waals surface area contributed by atoms with Gasteiger partial charge in [0.25, 0.3) is 0 Å². The molecular formula is C25H19F4NO4. The Morgan fingerprint density at radius 1 is 1.06 bits per heavy atom. The Labute approximate surface area is 191 Å². The van der Waals surface area contributed by atoms with Crippen LogP contribution in [0.15, 0.2) is 65.3 Å². The molecule has 0 fully saturated rings. The molecule has 0 spiro atoms. The second-order valence-corrected chi connectivity index (χ2v) is 7.68. The molecule has 0 aliphatic rings. The Morgan fingerprint density at radius 2 is 1.85 bits per heavy atom. The monoisotopic (exact) mass is 473 g/mol. The molecule has 0 radical (unpaired) electrons. The van der Waals surface area contributed by atoms with E-state index in [1.807, 2.05) is 0 Å². The van der Waals surface area contributed by atoms with Gasteiger partial charge in [-0.2, -0.15) is 13.2 Å². The quantitative estimate of drug-likeness (QED) is 0.325. The predicted molar refractivity (Wildman–Crippen MR) is 117 cm³/mol. The molecule has 4 aromatic rings. The summed E-state index contributed by atoms with van der Waals surface area (Å²) in [5.41, 5.74) is 7.19. The number of rotatable bonds is 7. The van der Waals surface area contributed by atoms with Crippen LogP contribution >= 0.6 is 0 Å². The average Bonchev–Trinajstić information content (AvgIpc) is 3.22. The molecule has 0 saturated carbocycles. The fourth-order valence-corrected chi connectivity index (χ4v) is 3.73. The summed E-state index contributed by atoms with van der Waals surface area (Å²) in [5.74, 6) is -1.67. The number of carboxylic acid groups (broad SMARTS) is 1. The van der Waals surface area contributed by atoms with Crippen LogP contribution in [0.2, 0.25) is 0 Å². The SMILES string of the molecule is NCc1cccc(-c2cc(COc3ccc(F)cc3CC(=O)O)cc3c(C(F)(F)F)coc23)c1. The lowest BCUT2D eigenvalue weighted by molar-refractivity contribution is -0.137. The third kappa shape index (κ3) is 4.89. The van der Waals surface area contributed by atoms with E-state index in [4.69, 9.17) is 20.0 Å². The van der Waals surface area contributed by atoms with E-state index in [0.29, 0.717) is 23.0 Å². The van der Waals surface area contributed by atoms with Gasteiger partial charge in [0.15, 0.2) is 0 Å². The third-order valence-electron chi connectivity index (χ3n) is 5.27. The maximum atomic E-state index is 13.6. The molecule has 0 aliphatic heterocycles. The van der Waals surface area contributed by atoms with Crippen molar-refractivity contribution in [2.45, 2.75) is 25.7 Å². The summed E-state index contributed by atoms with van der Waals surface area (Å²) in [7, 11) is 0. The fraction of sp³-hybridized carbons (Fsp3) is 0.160. The first-order chi connectivity index (χ1) is 16.2. The molecule has 0 saturated heterocycles. The highest BCUT2D eigenvalue weighted by Gasteiger charge is 2.35. The van der Waals surface area contributed by atoms with Gasteiger partial charge >= 0.3 is 12.1 Å². The van der Waals surface area contributed by atoms with Gasteiger partial charge in [-0.1, -0.05) is 18.2 Å². The standard InChI is InChI=1S/C25H19F4NO4/c26-18-4-5-22(17(9-18)10-23(31)32)33-12-15-7-19(16-3-1-2-14(6-16)11-30)24-20(8-15)21(13-34-24)25(27,28)29/h1-9,13H,10-12,30H2,(H,31,32). The maximum absolute atomic E-state index is 13.6. The lowest BCUT2D eigenvalue weighted by Gasteiger charge is -2.13. The second-order valence-electron chi connectivity index (χ2n) is 7.68. The van der Waals surface area contributed by atoms with E-state index in [-0.39, 0.29) is 35.4 Å². The molecule has 3 aromatic carbocycles. The Hall–Kier alpha value is -3.85. The highest BCUT2D eigenvalue weighted by Crippen LogP contribution is 2.40. The first kappa shape index (κ1) is 23.3. The number of benzene rings is 3. The highest BCUT2D eigenvalue weighted by atomic mass is 19.4. The number of aliphatic carboxylic acids is 1. The number of carbonyl (C=O) groups is 1. The minimum absolute atomic E-state index is 0.0681. The largest absolute Gasteiger partial charge is 0.489 e. The van der Waals surface area contributed by atoms with E-state index in [2.05, 4.69) is 0 Å².